The number of aromatic carboxylic acids is 1. The molecule has 0 amide bonds. The highest BCUT2D eigenvalue weighted by Gasteiger charge is 2.18. The second-order valence-corrected chi connectivity index (χ2v) is 4.12. The molecule has 1 aromatic heterocycles. The standard InChI is InChI=1S/C10H11N5O2S/c1-15-4-12-7-3-5(13-10(18)14-11)2-6(8(7)15)9(16)17/h2-4H,11H2,1H3,(H3,13,14,16,17,18)/p+1. The van der Waals surface area contributed by atoms with Crippen molar-refractivity contribution in [3.05, 3.63) is 24.0 Å². The highest BCUT2D eigenvalue weighted by Crippen LogP contribution is 2.20. The number of hydrogen-bond donors (Lipinski definition) is 5. The van der Waals surface area contributed by atoms with Gasteiger partial charge in [0.25, 0.3) is 0 Å². The fourth-order valence-corrected chi connectivity index (χ4v) is 1.88. The number of nitrogens with two attached hydrogens (primary N) is 1. The molecule has 1 heterocycles. The van der Waals surface area contributed by atoms with Crippen LogP contribution in [0.2, 0.25) is 0 Å². The highest BCUT2D eigenvalue weighted by atomic mass is 32.1. The summed E-state index contributed by atoms with van der Waals surface area (Å²) in [6, 6.07) is 3.26. The maximum Gasteiger partial charge on any atom is 0.340 e. The number of carboxylic acids is 1. The highest BCUT2D eigenvalue weighted by molar-refractivity contribution is 7.80. The number of aromatic nitrogens is 2. The van der Waals surface area contributed by atoms with Crippen LogP contribution in [0.15, 0.2) is 18.5 Å². The van der Waals surface area contributed by atoms with E-state index in [1.165, 1.54) is 6.07 Å². The molecule has 0 atom stereocenters. The molecule has 94 valence electrons. The molecular weight excluding hydrogens is 254 g/mol. The Morgan fingerprint density at radius 1 is 1.56 bits per heavy atom. The first kappa shape index (κ1) is 12.3. The van der Waals surface area contributed by atoms with E-state index in [9.17, 15) is 9.90 Å². The molecule has 6 N–H and O–H groups in total. The van der Waals surface area contributed by atoms with Gasteiger partial charge in [-0.15, -0.1) is 0 Å². The number of hydrazine groups is 1. The number of H-pyrrole nitrogens is 1. The smallest absolute Gasteiger partial charge is 0.340 e. The number of fused-ring (bicyclic) bond motifs is 1. The minimum absolute atomic E-state index is 0.179. The van der Waals surface area contributed by atoms with Gasteiger partial charge in [-0.3, -0.25) is 0 Å². The van der Waals surface area contributed by atoms with Gasteiger partial charge in [0.05, 0.1) is 7.05 Å². The van der Waals surface area contributed by atoms with Gasteiger partial charge in [-0.25, -0.2) is 20.2 Å². The van der Waals surface area contributed by atoms with E-state index < -0.39 is 5.97 Å². The van der Waals surface area contributed by atoms with Crippen molar-refractivity contribution in [1.29, 1.82) is 0 Å². The molecule has 2 rings (SSSR count). The molecule has 0 aliphatic heterocycles. The van der Waals surface area contributed by atoms with Crippen LogP contribution in [-0.4, -0.2) is 21.2 Å². The fraction of sp³-hybridized carbons (Fsp3) is 0.100. The summed E-state index contributed by atoms with van der Waals surface area (Å²) >= 11 is 4.86. The Balaban J connectivity index is 2.58. The zero-order valence-corrected chi connectivity index (χ0v) is 10.3. The van der Waals surface area contributed by atoms with Crippen LogP contribution in [0.3, 0.4) is 0 Å². The predicted molar refractivity (Wildman–Crippen MR) is 70.0 cm³/mol. The van der Waals surface area contributed by atoms with Crippen LogP contribution >= 0.6 is 12.2 Å². The third-order valence-corrected chi connectivity index (χ3v) is 2.72. The predicted octanol–water partition coefficient (Wildman–Crippen LogP) is -0.149. The number of imidazole rings is 1. The molecule has 0 aliphatic rings. The molecule has 0 aliphatic carbocycles. The number of hydrogen-bond acceptors (Lipinski definition) is 3. The van der Waals surface area contributed by atoms with Gasteiger partial charge in [0, 0.05) is 11.8 Å². The second-order valence-electron chi connectivity index (χ2n) is 3.71. The minimum atomic E-state index is -1.01. The topological polar surface area (TPSA) is 107 Å². The van der Waals surface area contributed by atoms with Gasteiger partial charge in [-0.2, -0.15) is 0 Å². The molecule has 8 heteroatoms. The third kappa shape index (κ3) is 2.11. The first-order chi connectivity index (χ1) is 8.52. The lowest BCUT2D eigenvalue weighted by Gasteiger charge is -2.07. The zero-order valence-electron chi connectivity index (χ0n) is 9.52. The van der Waals surface area contributed by atoms with Crippen LogP contribution in [0.4, 0.5) is 5.69 Å². The maximum absolute atomic E-state index is 11.2. The second kappa shape index (κ2) is 4.59. The number of nitrogens with one attached hydrogen (secondary N) is 3. The summed E-state index contributed by atoms with van der Waals surface area (Å²) in [5.41, 5.74) is 4.30. The van der Waals surface area contributed by atoms with Gasteiger partial charge in [-0.05, 0) is 18.3 Å². The van der Waals surface area contributed by atoms with Crippen molar-refractivity contribution >= 4 is 40.0 Å². The molecule has 7 nitrogen and oxygen atoms in total. The van der Waals surface area contributed by atoms with Crippen molar-refractivity contribution in [3.63, 3.8) is 0 Å². The number of rotatable bonds is 2. The van der Waals surface area contributed by atoms with Crippen LogP contribution in [0, 0.1) is 0 Å². The molecule has 18 heavy (non-hydrogen) atoms. The van der Waals surface area contributed by atoms with E-state index in [2.05, 4.69) is 15.7 Å². The summed E-state index contributed by atoms with van der Waals surface area (Å²) in [4.78, 5) is 14.2. The van der Waals surface area contributed by atoms with Gasteiger partial charge in [-0.1, -0.05) is 0 Å². The van der Waals surface area contributed by atoms with E-state index in [4.69, 9.17) is 18.1 Å². The van der Waals surface area contributed by atoms with Gasteiger partial charge >= 0.3 is 5.97 Å². The van der Waals surface area contributed by atoms with Crippen molar-refractivity contribution in [2.45, 2.75) is 0 Å². The Morgan fingerprint density at radius 3 is 2.89 bits per heavy atom. The number of thiocarbonyl (C=S) groups is 1. The van der Waals surface area contributed by atoms with Crippen molar-refractivity contribution in [3.8, 4) is 0 Å². The third-order valence-electron chi connectivity index (χ3n) is 2.50. The monoisotopic (exact) mass is 266 g/mol. The number of carboxylic acid groups (broad SMARTS) is 1. The normalized spacial score (nSPS) is 10.3. The van der Waals surface area contributed by atoms with Crippen molar-refractivity contribution in [1.82, 2.24) is 10.4 Å². The number of benzene rings is 1. The molecule has 0 saturated carbocycles. The number of carbonyl (C=O) groups is 1. The first-order valence-electron chi connectivity index (χ1n) is 5.04. The van der Waals surface area contributed by atoms with Crippen molar-refractivity contribution in [2.75, 3.05) is 5.32 Å². The SMILES string of the molecule is C[n+]1c[nH]c2cc(NC(=S)NN)cc(C(=O)O)c21. The number of nitrogens with zero attached hydrogens (tertiary/aromatic N) is 1. The molecule has 0 bridgehead atoms. The van der Waals surface area contributed by atoms with E-state index in [1.54, 1.807) is 24.0 Å². The van der Waals surface area contributed by atoms with Gasteiger partial charge in [0.2, 0.25) is 6.33 Å². The summed E-state index contributed by atoms with van der Waals surface area (Å²) in [6.45, 7) is 0. The van der Waals surface area contributed by atoms with E-state index in [0.29, 0.717) is 16.7 Å². The summed E-state index contributed by atoms with van der Waals surface area (Å²) in [5.74, 6) is 4.14. The van der Waals surface area contributed by atoms with Crippen LogP contribution < -0.4 is 21.2 Å². The maximum atomic E-state index is 11.2. The van der Waals surface area contributed by atoms with E-state index >= 15 is 0 Å². The fourth-order valence-electron chi connectivity index (χ4n) is 1.76. The molecule has 1 aromatic carbocycles. The average molecular weight is 266 g/mol. The zero-order chi connectivity index (χ0) is 13.3. The number of aryl methyl sites for hydroxylation is 1. The summed E-state index contributed by atoms with van der Waals surface area (Å²) < 4.78 is 1.71. The summed E-state index contributed by atoms with van der Waals surface area (Å²) in [5, 5.41) is 12.2. The lowest BCUT2D eigenvalue weighted by Crippen LogP contribution is -2.34. The lowest BCUT2D eigenvalue weighted by molar-refractivity contribution is -0.644. The Kier molecular flexibility index (Phi) is 3.13. The van der Waals surface area contributed by atoms with Gasteiger partial charge < -0.3 is 15.8 Å². The Bertz CT molecular complexity index is 636. The van der Waals surface area contributed by atoms with E-state index in [0.717, 1.165) is 0 Å². The molecule has 0 unspecified atom stereocenters. The van der Waals surface area contributed by atoms with Gasteiger partial charge in [0.15, 0.2) is 16.1 Å². The molecule has 0 radical (unpaired) electrons. The van der Waals surface area contributed by atoms with Crippen LogP contribution in [0.1, 0.15) is 10.4 Å². The molecule has 0 spiro atoms. The van der Waals surface area contributed by atoms with Crippen LogP contribution in [-0.2, 0) is 7.05 Å². The van der Waals surface area contributed by atoms with Gasteiger partial charge in [0.1, 0.15) is 5.56 Å². The minimum Gasteiger partial charge on any atom is -0.478 e. The Morgan fingerprint density at radius 2 is 2.28 bits per heavy atom. The number of anilines is 1. The average Bonchev–Trinajstić information content (AvgIpc) is 2.70. The molecular formula is C10H12N5O2S+. The van der Waals surface area contributed by atoms with Crippen LogP contribution in [0.5, 0.6) is 0 Å². The van der Waals surface area contributed by atoms with E-state index in [-0.39, 0.29) is 10.7 Å². The summed E-state index contributed by atoms with van der Waals surface area (Å²) in [6.07, 6.45) is 1.68. The quantitative estimate of drug-likeness (QED) is 0.224. The van der Waals surface area contributed by atoms with E-state index in [1.807, 2.05) is 0 Å². The van der Waals surface area contributed by atoms with Crippen molar-refractivity contribution in [2.24, 2.45) is 12.9 Å². The molecule has 0 fully saturated rings. The molecule has 0 saturated heterocycles. The van der Waals surface area contributed by atoms with Crippen molar-refractivity contribution < 1.29 is 14.5 Å². The Hall–Kier alpha value is -2.19. The summed E-state index contributed by atoms with van der Waals surface area (Å²) in [7, 11) is 1.77. The Labute approximate surface area is 108 Å². The first-order valence-corrected chi connectivity index (χ1v) is 5.45. The lowest BCUT2D eigenvalue weighted by atomic mass is 10.1. The largest absolute Gasteiger partial charge is 0.478 e. The number of aromatic amines is 1. The van der Waals surface area contributed by atoms with Crippen LogP contribution in [0.25, 0.3) is 11.0 Å². The molecule has 2 aromatic rings.